The standard InChI is InChI=1S/C38H24S2/c1-3-15-31(16-4-1)39-37-33-21-27-13-9-10-14-28(27)22-34(33)38(40-32-17-5-2-6-18-32)36-24-30-20-26-12-8-7-11-25(26)19-29(30)23-35(36)37/h1-24H. The van der Waals surface area contributed by atoms with Crippen LogP contribution in [-0.2, 0) is 0 Å². The Morgan fingerprint density at radius 3 is 0.950 bits per heavy atom. The number of hydrogen-bond donors (Lipinski definition) is 0. The van der Waals surface area contributed by atoms with Crippen LogP contribution < -0.4 is 0 Å². The van der Waals surface area contributed by atoms with Crippen molar-refractivity contribution in [3.63, 3.8) is 0 Å². The summed E-state index contributed by atoms with van der Waals surface area (Å²) in [5.74, 6) is 0. The Labute approximate surface area is 241 Å². The van der Waals surface area contributed by atoms with Gasteiger partial charge in [0.15, 0.2) is 0 Å². The summed E-state index contributed by atoms with van der Waals surface area (Å²) in [6.07, 6.45) is 0. The molecule has 0 heterocycles. The fraction of sp³-hybridized carbons (Fsp3) is 0. The number of benzene rings is 8. The van der Waals surface area contributed by atoms with E-state index < -0.39 is 0 Å². The molecule has 0 bridgehead atoms. The number of hydrogen-bond acceptors (Lipinski definition) is 2. The molecule has 0 saturated carbocycles. The molecule has 0 aliphatic heterocycles. The highest BCUT2D eigenvalue weighted by atomic mass is 32.2. The summed E-state index contributed by atoms with van der Waals surface area (Å²) in [6, 6.07) is 53.3. The van der Waals surface area contributed by atoms with Gasteiger partial charge in [0.2, 0.25) is 0 Å². The topological polar surface area (TPSA) is 0 Å². The summed E-state index contributed by atoms with van der Waals surface area (Å²) in [5, 5.41) is 12.9. The predicted octanol–water partition coefficient (Wildman–Crippen LogP) is 11.8. The summed E-state index contributed by atoms with van der Waals surface area (Å²) in [6.45, 7) is 0. The zero-order chi connectivity index (χ0) is 26.5. The molecule has 0 unspecified atom stereocenters. The Morgan fingerprint density at radius 2 is 0.575 bits per heavy atom. The highest BCUT2D eigenvalue weighted by Gasteiger charge is 2.18. The van der Waals surface area contributed by atoms with Crippen LogP contribution >= 0.6 is 23.5 Å². The Hall–Kier alpha value is -4.24. The first-order valence-corrected chi connectivity index (χ1v) is 15.1. The van der Waals surface area contributed by atoms with E-state index in [4.69, 9.17) is 0 Å². The lowest BCUT2D eigenvalue weighted by atomic mass is 9.96. The minimum atomic E-state index is 1.25. The van der Waals surface area contributed by atoms with E-state index in [-0.39, 0.29) is 0 Å². The fourth-order valence-corrected chi connectivity index (χ4v) is 7.88. The van der Waals surface area contributed by atoms with Crippen LogP contribution in [0.25, 0.3) is 53.9 Å². The van der Waals surface area contributed by atoms with Gasteiger partial charge >= 0.3 is 0 Å². The number of rotatable bonds is 4. The van der Waals surface area contributed by atoms with Gasteiger partial charge in [0, 0.05) is 19.6 Å². The first kappa shape index (κ1) is 23.6. The molecule has 0 radical (unpaired) electrons. The van der Waals surface area contributed by atoms with Crippen molar-refractivity contribution in [3.8, 4) is 0 Å². The summed E-state index contributed by atoms with van der Waals surface area (Å²) in [4.78, 5) is 5.13. The van der Waals surface area contributed by atoms with Crippen molar-refractivity contribution >= 4 is 77.4 Å². The van der Waals surface area contributed by atoms with Crippen LogP contribution in [0.5, 0.6) is 0 Å². The smallest absolute Gasteiger partial charge is 0.0280 e. The molecule has 0 aromatic heterocycles. The largest absolute Gasteiger partial charge is 0.0888 e. The van der Waals surface area contributed by atoms with Gasteiger partial charge in [-0.1, -0.05) is 108 Å². The van der Waals surface area contributed by atoms with Crippen molar-refractivity contribution in [1.82, 2.24) is 0 Å². The third kappa shape index (κ3) is 4.12. The van der Waals surface area contributed by atoms with Crippen LogP contribution in [0.3, 0.4) is 0 Å². The molecule has 0 amide bonds. The van der Waals surface area contributed by atoms with Crippen LogP contribution in [0.15, 0.2) is 165 Å². The summed E-state index contributed by atoms with van der Waals surface area (Å²) >= 11 is 3.75. The molecule has 188 valence electrons. The highest BCUT2D eigenvalue weighted by molar-refractivity contribution is 8.00. The van der Waals surface area contributed by atoms with Gasteiger partial charge in [-0.2, -0.15) is 0 Å². The SMILES string of the molecule is c1ccc(Sc2c3cc4ccccc4cc3c(Sc3ccccc3)c3cc4cc5ccccc5cc4cc23)cc1. The van der Waals surface area contributed by atoms with Gasteiger partial charge in [0.25, 0.3) is 0 Å². The molecule has 0 aliphatic rings. The van der Waals surface area contributed by atoms with Crippen LogP contribution in [0.2, 0.25) is 0 Å². The lowest BCUT2D eigenvalue weighted by Crippen LogP contribution is -1.90. The minimum absolute atomic E-state index is 1.25. The Bertz CT molecular complexity index is 2040. The zero-order valence-electron chi connectivity index (χ0n) is 21.7. The second-order valence-corrected chi connectivity index (χ2v) is 12.3. The Morgan fingerprint density at radius 1 is 0.275 bits per heavy atom. The van der Waals surface area contributed by atoms with Crippen molar-refractivity contribution in [1.29, 1.82) is 0 Å². The normalized spacial score (nSPS) is 11.7. The monoisotopic (exact) mass is 544 g/mol. The van der Waals surface area contributed by atoms with Gasteiger partial charge < -0.3 is 0 Å². The zero-order valence-corrected chi connectivity index (χ0v) is 23.3. The van der Waals surface area contributed by atoms with E-state index in [9.17, 15) is 0 Å². The van der Waals surface area contributed by atoms with E-state index in [1.54, 1.807) is 0 Å². The molecule has 0 saturated heterocycles. The molecule has 40 heavy (non-hydrogen) atoms. The summed E-state index contributed by atoms with van der Waals surface area (Å²) < 4.78 is 0. The van der Waals surface area contributed by atoms with E-state index >= 15 is 0 Å². The van der Waals surface area contributed by atoms with E-state index in [2.05, 4.69) is 146 Å². The lowest BCUT2D eigenvalue weighted by Gasteiger charge is -2.18. The van der Waals surface area contributed by atoms with Gasteiger partial charge in [-0.05, 0) is 115 Å². The molecule has 0 aliphatic carbocycles. The van der Waals surface area contributed by atoms with Gasteiger partial charge in [-0.25, -0.2) is 0 Å². The molecule has 8 aromatic carbocycles. The Kier molecular flexibility index (Phi) is 5.76. The van der Waals surface area contributed by atoms with Crippen molar-refractivity contribution in [2.75, 3.05) is 0 Å². The van der Waals surface area contributed by atoms with E-state index in [1.807, 2.05) is 23.5 Å². The molecule has 0 nitrogen and oxygen atoms in total. The third-order valence-electron chi connectivity index (χ3n) is 7.63. The van der Waals surface area contributed by atoms with Crippen molar-refractivity contribution in [2.45, 2.75) is 19.6 Å². The molecule has 0 spiro atoms. The molecule has 8 rings (SSSR count). The summed E-state index contributed by atoms with van der Waals surface area (Å²) in [5.41, 5.74) is 0. The van der Waals surface area contributed by atoms with Crippen LogP contribution in [0.4, 0.5) is 0 Å². The molecule has 0 atom stereocenters. The van der Waals surface area contributed by atoms with Crippen molar-refractivity contribution in [3.05, 3.63) is 146 Å². The van der Waals surface area contributed by atoms with E-state index in [0.717, 1.165) is 0 Å². The predicted molar refractivity (Wildman–Crippen MR) is 175 cm³/mol. The molecule has 0 fully saturated rings. The van der Waals surface area contributed by atoms with Crippen LogP contribution in [0, 0.1) is 0 Å². The van der Waals surface area contributed by atoms with E-state index in [0.29, 0.717) is 0 Å². The average molecular weight is 545 g/mol. The maximum atomic E-state index is 2.42. The molecule has 2 heteroatoms. The quantitative estimate of drug-likeness (QED) is 0.202. The maximum absolute atomic E-state index is 2.42. The van der Waals surface area contributed by atoms with Crippen molar-refractivity contribution < 1.29 is 0 Å². The van der Waals surface area contributed by atoms with Gasteiger partial charge in [-0.15, -0.1) is 0 Å². The molecule has 8 aromatic rings. The van der Waals surface area contributed by atoms with Crippen molar-refractivity contribution in [2.24, 2.45) is 0 Å². The van der Waals surface area contributed by atoms with Crippen LogP contribution in [-0.4, -0.2) is 0 Å². The second-order valence-electron chi connectivity index (χ2n) is 10.2. The van der Waals surface area contributed by atoms with E-state index in [1.165, 1.54) is 73.4 Å². The molecular formula is C38H24S2. The van der Waals surface area contributed by atoms with Crippen LogP contribution in [0.1, 0.15) is 0 Å². The number of fused-ring (bicyclic) bond motifs is 5. The summed E-state index contributed by atoms with van der Waals surface area (Å²) in [7, 11) is 0. The van der Waals surface area contributed by atoms with Gasteiger partial charge in [0.05, 0.1) is 0 Å². The maximum Gasteiger partial charge on any atom is 0.0280 e. The molecule has 0 N–H and O–H groups in total. The fourth-order valence-electron chi connectivity index (χ4n) is 5.71. The first-order chi connectivity index (χ1) is 19.8. The lowest BCUT2D eigenvalue weighted by molar-refractivity contribution is 1.44. The second kappa shape index (κ2) is 9.75. The molecular weight excluding hydrogens is 521 g/mol. The van der Waals surface area contributed by atoms with Gasteiger partial charge in [0.1, 0.15) is 0 Å². The van der Waals surface area contributed by atoms with Gasteiger partial charge in [-0.3, -0.25) is 0 Å². The third-order valence-corrected chi connectivity index (χ3v) is 9.94. The highest BCUT2D eigenvalue weighted by Crippen LogP contribution is 2.48. The Balaban J connectivity index is 1.53. The minimum Gasteiger partial charge on any atom is -0.0888 e. The first-order valence-electron chi connectivity index (χ1n) is 13.5. The average Bonchev–Trinajstić information content (AvgIpc) is 3.01.